The maximum Gasteiger partial charge on any atom is 0.321 e. The lowest BCUT2D eigenvalue weighted by Crippen LogP contribution is -2.47. The standard InChI is InChI=1S/C15H32N4O2/c1-5-7-8-17-14(21)18-13(20)10-19(9-6-2)12-15(3,4)11-16/h5-12,16H2,1-4H3,(H2,17,18,20,21). The molecule has 0 aliphatic rings. The maximum absolute atomic E-state index is 11.9. The molecule has 0 saturated carbocycles. The first-order valence-corrected chi connectivity index (χ1v) is 7.84. The Balaban J connectivity index is 4.25. The molecular weight excluding hydrogens is 268 g/mol. The van der Waals surface area contributed by atoms with Crippen molar-refractivity contribution < 1.29 is 9.59 Å². The van der Waals surface area contributed by atoms with E-state index in [9.17, 15) is 9.59 Å². The lowest BCUT2D eigenvalue weighted by atomic mass is 9.93. The topological polar surface area (TPSA) is 87.5 Å². The fourth-order valence-electron chi connectivity index (χ4n) is 1.99. The summed E-state index contributed by atoms with van der Waals surface area (Å²) < 4.78 is 0. The van der Waals surface area contributed by atoms with Gasteiger partial charge in [0.15, 0.2) is 0 Å². The van der Waals surface area contributed by atoms with Gasteiger partial charge in [-0.05, 0) is 31.3 Å². The van der Waals surface area contributed by atoms with Crippen LogP contribution in [0, 0.1) is 5.41 Å². The zero-order chi connectivity index (χ0) is 16.3. The number of unbranched alkanes of at least 4 members (excludes halogenated alkanes) is 1. The zero-order valence-electron chi connectivity index (χ0n) is 14.0. The third kappa shape index (κ3) is 10.3. The van der Waals surface area contributed by atoms with E-state index in [0.29, 0.717) is 13.1 Å². The Morgan fingerprint density at radius 2 is 1.86 bits per heavy atom. The van der Waals surface area contributed by atoms with E-state index in [2.05, 4.69) is 31.4 Å². The van der Waals surface area contributed by atoms with E-state index in [1.807, 2.05) is 11.8 Å². The molecule has 0 bridgehead atoms. The molecule has 0 saturated heterocycles. The van der Waals surface area contributed by atoms with Gasteiger partial charge in [0.25, 0.3) is 0 Å². The number of imide groups is 1. The van der Waals surface area contributed by atoms with Crippen molar-refractivity contribution in [1.82, 2.24) is 15.5 Å². The molecule has 0 aliphatic heterocycles. The molecule has 0 fully saturated rings. The molecule has 124 valence electrons. The number of nitrogens with zero attached hydrogens (tertiary/aromatic N) is 1. The molecule has 0 aliphatic carbocycles. The van der Waals surface area contributed by atoms with Crippen LogP contribution in [-0.2, 0) is 4.79 Å². The number of carbonyl (C=O) groups is 2. The summed E-state index contributed by atoms with van der Waals surface area (Å²) in [5.74, 6) is -0.273. The molecule has 0 aromatic carbocycles. The van der Waals surface area contributed by atoms with Crippen molar-refractivity contribution in [3.63, 3.8) is 0 Å². The van der Waals surface area contributed by atoms with Crippen molar-refractivity contribution >= 4 is 11.9 Å². The van der Waals surface area contributed by atoms with Crippen LogP contribution >= 0.6 is 0 Å². The molecule has 0 radical (unpaired) electrons. The van der Waals surface area contributed by atoms with Crippen molar-refractivity contribution in [2.75, 3.05) is 32.7 Å². The van der Waals surface area contributed by atoms with Crippen LogP contribution in [0.15, 0.2) is 0 Å². The molecule has 0 heterocycles. The summed E-state index contributed by atoms with van der Waals surface area (Å²) in [6.07, 6.45) is 2.87. The Morgan fingerprint density at radius 1 is 1.19 bits per heavy atom. The van der Waals surface area contributed by atoms with Gasteiger partial charge in [0.1, 0.15) is 0 Å². The summed E-state index contributed by atoms with van der Waals surface area (Å²) in [5.41, 5.74) is 5.70. The van der Waals surface area contributed by atoms with Gasteiger partial charge in [-0.2, -0.15) is 0 Å². The molecule has 6 heteroatoms. The maximum atomic E-state index is 11.9. The molecule has 21 heavy (non-hydrogen) atoms. The van der Waals surface area contributed by atoms with E-state index in [1.165, 1.54) is 0 Å². The van der Waals surface area contributed by atoms with Gasteiger partial charge in [-0.15, -0.1) is 0 Å². The van der Waals surface area contributed by atoms with E-state index in [-0.39, 0.29) is 17.9 Å². The highest BCUT2D eigenvalue weighted by Gasteiger charge is 2.21. The van der Waals surface area contributed by atoms with Crippen LogP contribution in [0.5, 0.6) is 0 Å². The van der Waals surface area contributed by atoms with E-state index >= 15 is 0 Å². The molecule has 4 N–H and O–H groups in total. The number of rotatable bonds is 10. The summed E-state index contributed by atoms with van der Waals surface area (Å²) in [4.78, 5) is 25.5. The van der Waals surface area contributed by atoms with Crippen molar-refractivity contribution in [3.8, 4) is 0 Å². The number of urea groups is 1. The van der Waals surface area contributed by atoms with E-state index in [4.69, 9.17) is 5.73 Å². The first-order valence-electron chi connectivity index (χ1n) is 7.84. The molecule has 0 aromatic rings. The van der Waals surface area contributed by atoms with Gasteiger partial charge in [-0.25, -0.2) is 4.79 Å². The Bertz CT molecular complexity index is 319. The Hall–Kier alpha value is -1.14. The Kier molecular flexibility index (Phi) is 9.99. The molecule has 0 rings (SSSR count). The monoisotopic (exact) mass is 300 g/mol. The predicted octanol–water partition coefficient (Wildman–Crippen LogP) is 1.31. The first kappa shape index (κ1) is 19.9. The van der Waals surface area contributed by atoms with Gasteiger partial charge in [-0.1, -0.05) is 34.1 Å². The van der Waals surface area contributed by atoms with Crippen LogP contribution in [-0.4, -0.2) is 49.6 Å². The predicted molar refractivity (Wildman–Crippen MR) is 86.0 cm³/mol. The minimum atomic E-state index is -0.414. The Morgan fingerprint density at radius 3 is 2.38 bits per heavy atom. The zero-order valence-corrected chi connectivity index (χ0v) is 14.0. The third-order valence-electron chi connectivity index (χ3n) is 3.18. The van der Waals surface area contributed by atoms with Crippen LogP contribution in [0.25, 0.3) is 0 Å². The van der Waals surface area contributed by atoms with Crippen molar-refractivity contribution in [2.45, 2.75) is 47.0 Å². The molecular formula is C15H32N4O2. The van der Waals surface area contributed by atoms with E-state index < -0.39 is 6.03 Å². The van der Waals surface area contributed by atoms with Crippen molar-refractivity contribution in [1.29, 1.82) is 0 Å². The second-order valence-electron chi connectivity index (χ2n) is 6.24. The molecule has 0 unspecified atom stereocenters. The van der Waals surface area contributed by atoms with Gasteiger partial charge in [0.2, 0.25) is 5.91 Å². The molecule has 3 amide bonds. The normalized spacial score (nSPS) is 11.5. The fraction of sp³-hybridized carbons (Fsp3) is 0.867. The second kappa shape index (κ2) is 10.6. The summed E-state index contributed by atoms with van der Waals surface area (Å²) >= 11 is 0. The highest BCUT2D eigenvalue weighted by Crippen LogP contribution is 2.14. The molecule has 0 spiro atoms. The van der Waals surface area contributed by atoms with Gasteiger partial charge < -0.3 is 11.1 Å². The lowest BCUT2D eigenvalue weighted by Gasteiger charge is -2.31. The summed E-state index contributed by atoms with van der Waals surface area (Å²) in [6, 6.07) is -0.414. The van der Waals surface area contributed by atoms with Crippen molar-refractivity contribution in [3.05, 3.63) is 0 Å². The average Bonchev–Trinajstić information content (AvgIpc) is 2.38. The lowest BCUT2D eigenvalue weighted by molar-refractivity contribution is -0.121. The number of nitrogens with one attached hydrogen (secondary N) is 2. The van der Waals surface area contributed by atoms with Crippen LogP contribution in [0.2, 0.25) is 0 Å². The SMILES string of the molecule is CCCCNC(=O)NC(=O)CN(CCC)CC(C)(C)CN. The van der Waals surface area contributed by atoms with Crippen LogP contribution in [0.3, 0.4) is 0 Å². The quantitative estimate of drug-likeness (QED) is 0.531. The number of amides is 3. The molecule has 6 nitrogen and oxygen atoms in total. The van der Waals surface area contributed by atoms with E-state index in [0.717, 1.165) is 32.4 Å². The number of hydrogen-bond donors (Lipinski definition) is 3. The van der Waals surface area contributed by atoms with Crippen LogP contribution < -0.4 is 16.4 Å². The summed E-state index contributed by atoms with van der Waals surface area (Å²) in [5, 5.41) is 5.04. The fourth-order valence-corrected chi connectivity index (χ4v) is 1.99. The first-order chi connectivity index (χ1) is 9.84. The van der Waals surface area contributed by atoms with Gasteiger partial charge in [0, 0.05) is 13.1 Å². The number of hydrogen-bond acceptors (Lipinski definition) is 4. The van der Waals surface area contributed by atoms with E-state index in [1.54, 1.807) is 0 Å². The summed E-state index contributed by atoms with van der Waals surface area (Å²) in [6.45, 7) is 11.2. The highest BCUT2D eigenvalue weighted by atomic mass is 16.2. The van der Waals surface area contributed by atoms with Crippen LogP contribution in [0.1, 0.15) is 47.0 Å². The summed E-state index contributed by atoms with van der Waals surface area (Å²) in [7, 11) is 0. The van der Waals surface area contributed by atoms with Gasteiger partial charge in [-0.3, -0.25) is 15.0 Å². The third-order valence-corrected chi connectivity index (χ3v) is 3.18. The van der Waals surface area contributed by atoms with Crippen LogP contribution in [0.4, 0.5) is 4.79 Å². The average molecular weight is 300 g/mol. The minimum absolute atomic E-state index is 0.0428. The Labute approximate surface area is 128 Å². The van der Waals surface area contributed by atoms with Crippen molar-refractivity contribution in [2.24, 2.45) is 11.1 Å². The molecule has 0 atom stereocenters. The number of carbonyl (C=O) groups excluding carboxylic acids is 2. The number of nitrogens with two attached hydrogens (primary N) is 1. The van der Waals surface area contributed by atoms with Gasteiger partial charge in [0.05, 0.1) is 6.54 Å². The largest absolute Gasteiger partial charge is 0.338 e. The second-order valence-corrected chi connectivity index (χ2v) is 6.24. The minimum Gasteiger partial charge on any atom is -0.338 e. The molecule has 0 aromatic heterocycles. The van der Waals surface area contributed by atoms with Gasteiger partial charge >= 0.3 is 6.03 Å². The highest BCUT2D eigenvalue weighted by molar-refractivity contribution is 5.95. The smallest absolute Gasteiger partial charge is 0.321 e.